The van der Waals surface area contributed by atoms with Crippen LogP contribution in [0.2, 0.25) is 0 Å². The average molecular weight is 341 g/mol. The molecule has 0 spiro atoms. The van der Waals surface area contributed by atoms with Gasteiger partial charge in [-0.3, -0.25) is 10.1 Å². The van der Waals surface area contributed by atoms with E-state index in [2.05, 4.69) is 6.07 Å². The quantitative estimate of drug-likeness (QED) is 0.385. The number of benzene rings is 2. The minimum Gasteiger partial charge on any atom is -0.456 e. The molecule has 6 heteroatoms. The second-order valence-electron chi connectivity index (χ2n) is 5.34. The van der Waals surface area contributed by atoms with Crippen molar-refractivity contribution in [3.05, 3.63) is 87.7 Å². The van der Waals surface area contributed by atoms with E-state index in [0.717, 1.165) is 0 Å². The molecule has 0 atom stereocenters. The molecule has 0 saturated carbocycles. The Morgan fingerprint density at radius 3 is 2.62 bits per heavy atom. The first kappa shape index (κ1) is 16.7. The monoisotopic (exact) mass is 341 g/mol. The lowest BCUT2D eigenvalue weighted by Gasteiger charge is -2.00. The second kappa shape index (κ2) is 7.16. The topological polar surface area (TPSA) is 104 Å². The van der Waals surface area contributed by atoms with Crippen LogP contribution in [0.4, 0.5) is 5.69 Å². The Hall–Kier alpha value is -4.16. The Morgan fingerprint density at radius 2 is 1.88 bits per heavy atom. The van der Waals surface area contributed by atoms with Crippen molar-refractivity contribution in [2.75, 3.05) is 0 Å². The number of hydrogen-bond acceptors (Lipinski definition) is 5. The Kier molecular flexibility index (Phi) is 4.60. The zero-order valence-corrected chi connectivity index (χ0v) is 13.4. The fourth-order valence-corrected chi connectivity index (χ4v) is 2.50. The lowest BCUT2D eigenvalue weighted by atomic mass is 10.0. The number of para-hydroxylation sites is 1. The number of nitro benzene ring substituents is 1. The van der Waals surface area contributed by atoms with Gasteiger partial charge < -0.3 is 4.42 Å². The molecular weight excluding hydrogens is 330 g/mol. The number of allylic oxidation sites excluding steroid dienone is 1. The molecule has 0 aliphatic heterocycles. The lowest BCUT2D eigenvalue weighted by molar-refractivity contribution is -0.384. The first-order valence-electron chi connectivity index (χ1n) is 7.58. The third-order valence-corrected chi connectivity index (χ3v) is 3.70. The van der Waals surface area contributed by atoms with Gasteiger partial charge in [0.25, 0.3) is 5.69 Å². The van der Waals surface area contributed by atoms with Crippen molar-refractivity contribution in [2.24, 2.45) is 0 Å². The highest BCUT2D eigenvalue weighted by molar-refractivity contribution is 5.89. The number of hydrogen-bond donors (Lipinski definition) is 0. The first-order chi connectivity index (χ1) is 12.6. The van der Waals surface area contributed by atoms with Crippen molar-refractivity contribution in [1.82, 2.24) is 0 Å². The molecule has 124 valence electrons. The molecule has 0 amide bonds. The summed E-state index contributed by atoms with van der Waals surface area (Å²) in [5, 5.41) is 29.5. The summed E-state index contributed by atoms with van der Waals surface area (Å²) < 4.78 is 5.67. The molecule has 0 saturated heterocycles. The molecule has 3 rings (SSSR count). The molecule has 0 radical (unpaired) electrons. The molecule has 6 nitrogen and oxygen atoms in total. The van der Waals surface area contributed by atoms with Crippen molar-refractivity contribution in [3.63, 3.8) is 0 Å². The molecular formula is C20H11N3O3. The molecule has 0 aliphatic carbocycles. The van der Waals surface area contributed by atoms with Gasteiger partial charge in [-0.05, 0) is 42.0 Å². The Labute approximate surface area is 149 Å². The normalized spacial score (nSPS) is 10.8. The van der Waals surface area contributed by atoms with Crippen LogP contribution in [0.15, 0.2) is 65.1 Å². The molecule has 0 unspecified atom stereocenters. The maximum Gasteiger partial charge on any atom is 0.280 e. The Balaban J connectivity index is 2.00. The van der Waals surface area contributed by atoms with Gasteiger partial charge in [-0.25, -0.2) is 0 Å². The van der Waals surface area contributed by atoms with Crippen molar-refractivity contribution >= 4 is 17.3 Å². The van der Waals surface area contributed by atoms with Gasteiger partial charge >= 0.3 is 0 Å². The molecule has 26 heavy (non-hydrogen) atoms. The molecule has 0 aliphatic rings. The number of nitrogens with zero attached hydrogens (tertiary/aromatic N) is 3. The van der Waals surface area contributed by atoms with Gasteiger partial charge in [0.15, 0.2) is 0 Å². The van der Waals surface area contributed by atoms with Crippen LogP contribution in [-0.2, 0) is 0 Å². The zero-order valence-electron chi connectivity index (χ0n) is 13.4. The van der Waals surface area contributed by atoms with Gasteiger partial charge in [0.05, 0.1) is 33.8 Å². The standard InChI is InChI=1S/C20H11N3O3/c21-12-14-4-3-5-15(10-14)16(13-22)11-17-8-9-20(26-17)18-6-1-2-7-19(18)23(24)25/h1-11H. The van der Waals surface area contributed by atoms with Crippen molar-refractivity contribution in [2.45, 2.75) is 0 Å². The SMILES string of the molecule is N#CC(=Cc1ccc(-c2ccccc2[N+](=O)[O-])o1)c1cccc(C#N)c1. The van der Waals surface area contributed by atoms with Crippen LogP contribution in [0.5, 0.6) is 0 Å². The van der Waals surface area contributed by atoms with E-state index in [9.17, 15) is 15.4 Å². The number of furan rings is 1. The number of rotatable bonds is 4. The highest BCUT2D eigenvalue weighted by Gasteiger charge is 2.17. The van der Waals surface area contributed by atoms with Crippen LogP contribution < -0.4 is 0 Å². The summed E-state index contributed by atoms with van der Waals surface area (Å²) in [5.74, 6) is 0.726. The van der Waals surface area contributed by atoms with Crippen molar-refractivity contribution in [3.8, 4) is 23.5 Å². The first-order valence-corrected chi connectivity index (χ1v) is 7.58. The Bertz CT molecular complexity index is 1100. The summed E-state index contributed by atoms with van der Waals surface area (Å²) in [5.41, 5.74) is 1.67. The van der Waals surface area contributed by atoms with Crippen molar-refractivity contribution in [1.29, 1.82) is 10.5 Å². The molecule has 1 aromatic heterocycles. The van der Waals surface area contributed by atoms with Crippen molar-refractivity contribution < 1.29 is 9.34 Å². The maximum atomic E-state index is 11.2. The smallest absolute Gasteiger partial charge is 0.280 e. The van der Waals surface area contributed by atoms with E-state index in [1.165, 1.54) is 12.1 Å². The fourth-order valence-electron chi connectivity index (χ4n) is 2.50. The molecule has 0 fully saturated rings. The highest BCUT2D eigenvalue weighted by atomic mass is 16.6. The van der Waals surface area contributed by atoms with Gasteiger partial charge in [0, 0.05) is 6.07 Å². The van der Waals surface area contributed by atoms with Crippen LogP contribution >= 0.6 is 0 Å². The maximum absolute atomic E-state index is 11.2. The van der Waals surface area contributed by atoms with Gasteiger partial charge in [0.1, 0.15) is 11.5 Å². The second-order valence-corrected chi connectivity index (χ2v) is 5.34. The minimum absolute atomic E-state index is 0.0559. The van der Waals surface area contributed by atoms with E-state index < -0.39 is 4.92 Å². The minimum atomic E-state index is -0.471. The van der Waals surface area contributed by atoms with E-state index in [-0.39, 0.29) is 5.69 Å². The number of nitro groups is 1. The van der Waals surface area contributed by atoms with Gasteiger partial charge in [-0.2, -0.15) is 10.5 Å². The van der Waals surface area contributed by atoms with E-state index in [0.29, 0.717) is 33.8 Å². The predicted molar refractivity (Wildman–Crippen MR) is 95.4 cm³/mol. The predicted octanol–water partition coefficient (Wildman–Crippen LogP) is 4.79. The summed E-state index contributed by atoms with van der Waals surface area (Å²) in [6.45, 7) is 0. The summed E-state index contributed by atoms with van der Waals surface area (Å²) in [6.07, 6.45) is 1.54. The van der Waals surface area contributed by atoms with Crippen LogP contribution in [0.3, 0.4) is 0 Å². The van der Waals surface area contributed by atoms with Gasteiger partial charge in [0.2, 0.25) is 0 Å². The average Bonchev–Trinajstić information content (AvgIpc) is 3.14. The largest absolute Gasteiger partial charge is 0.456 e. The van der Waals surface area contributed by atoms with E-state index in [1.54, 1.807) is 54.6 Å². The molecule has 0 bridgehead atoms. The summed E-state index contributed by atoms with van der Waals surface area (Å²) >= 11 is 0. The number of nitriles is 2. The van der Waals surface area contributed by atoms with E-state index >= 15 is 0 Å². The van der Waals surface area contributed by atoms with Gasteiger partial charge in [-0.15, -0.1) is 0 Å². The van der Waals surface area contributed by atoms with E-state index in [1.807, 2.05) is 6.07 Å². The summed E-state index contributed by atoms with van der Waals surface area (Å²) in [7, 11) is 0. The summed E-state index contributed by atoms with van der Waals surface area (Å²) in [4.78, 5) is 10.7. The van der Waals surface area contributed by atoms with Crippen LogP contribution in [0.25, 0.3) is 23.0 Å². The highest BCUT2D eigenvalue weighted by Crippen LogP contribution is 2.31. The zero-order chi connectivity index (χ0) is 18.5. The van der Waals surface area contributed by atoms with Crippen LogP contribution in [0, 0.1) is 32.8 Å². The molecule has 0 N–H and O–H groups in total. The lowest BCUT2D eigenvalue weighted by Crippen LogP contribution is -1.90. The third-order valence-electron chi connectivity index (χ3n) is 3.70. The fraction of sp³-hybridized carbons (Fsp3) is 0. The molecule has 3 aromatic rings. The van der Waals surface area contributed by atoms with Gasteiger partial charge in [-0.1, -0.05) is 24.3 Å². The Morgan fingerprint density at radius 1 is 1.08 bits per heavy atom. The molecule has 2 aromatic carbocycles. The molecule has 1 heterocycles. The third kappa shape index (κ3) is 3.35. The van der Waals surface area contributed by atoms with E-state index in [4.69, 9.17) is 9.68 Å². The van der Waals surface area contributed by atoms with Crippen LogP contribution in [0.1, 0.15) is 16.9 Å². The van der Waals surface area contributed by atoms with Crippen LogP contribution in [-0.4, -0.2) is 4.92 Å². The summed E-state index contributed by atoms with van der Waals surface area (Å²) in [6, 6.07) is 20.3.